The highest BCUT2D eigenvalue weighted by atomic mass is 16.5. The molecule has 2 unspecified atom stereocenters. The summed E-state index contributed by atoms with van der Waals surface area (Å²) in [5, 5.41) is 11.8. The number of piperidine rings is 1. The Kier molecular flexibility index (Phi) is 4.84. The highest BCUT2D eigenvalue weighted by Crippen LogP contribution is 2.19. The van der Waals surface area contributed by atoms with Crippen molar-refractivity contribution in [1.29, 1.82) is 0 Å². The minimum atomic E-state index is 0.0638. The van der Waals surface area contributed by atoms with Crippen molar-refractivity contribution in [2.45, 2.75) is 38.3 Å². The van der Waals surface area contributed by atoms with Crippen LogP contribution in [0.5, 0.6) is 0 Å². The summed E-state index contributed by atoms with van der Waals surface area (Å²) in [6.07, 6.45) is 3.27. The first-order chi connectivity index (χ1) is 7.20. The van der Waals surface area contributed by atoms with E-state index in [2.05, 4.69) is 17.0 Å². The molecule has 0 aromatic carbocycles. The Morgan fingerprint density at radius 1 is 1.67 bits per heavy atom. The summed E-state index contributed by atoms with van der Waals surface area (Å²) in [4.78, 5) is 2.25. The molecule has 0 aliphatic carbocycles. The van der Waals surface area contributed by atoms with Gasteiger partial charge in [0, 0.05) is 13.2 Å². The fourth-order valence-electron chi connectivity index (χ4n) is 2.20. The number of hydrogen-bond donors (Lipinski definition) is 2. The van der Waals surface area contributed by atoms with Gasteiger partial charge in [-0.25, -0.2) is 0 Å². The second kappa shape index (κ2) is 5.92. The van der Waals surface area contributed by atoms with Crippen LogP contribution in [0.1, 0.15) is 26.2 Å². The molecule has 5 heteroatoms. The fraction of sp³-hybridized carbons (Fsp3) is 0.900. The maximum absolute atomic E-state index is 8.72. The van der Waals surface area contributed by atoms with Gasteiger partial charge in [-0.3, -0.25) is 4.90 Å². The first kappa shape index (κ1) is 12.3. The van der Waals surface area contributed by atoms with Crippen molar-refractivity contribution in [3.63, 3.8) is 0 Å². The van der Waals surface area contributed by atoms with Gasteiger partial charge in [0.1, 0.15) is 0 Å². The molecule has 0 aromatic rings. The van der Waals surface area contributed by atoms with Gasteiger partial charge in [-0.1, -0.05) is 11.6 Å². The smallest absolute Gasteiger partial charge is 0.156 e. The van der Waals surface area contributed by atoms with Gasteiger partial charge in [-0.15, -0.1) is 0 Å². The summed E-state index contributed by atoms with van der Waals surface area (Å²) in [5.74, 6) is 0.317. The molecule has 1 saturated heterocycles. The lowest BCUT2D eigenvalue weighted by Gasteiger charge is -2.38. The normalized spacial score (nSPS) is 26.5. The van der Waals surface area contributed by atoms with Gasteiger partial charge in [0.05, 0.1) is 12.6 Å². The van der Waals surface area contributed by atoms with Gasteiger partial charge in [0.2, 0.25) is 0 Å². The minimum absolute atomic E-state index is 0.0638. The van der Waals surface area contributed by atoms with E-state index in [4.69, 9.17) is 15.7 Å². The summed E-state index contributed by atoms with van der Waals surface area (Å²) in [6, 6.07) is 0.370. The van der Waals surface area contributed by atoms with E-state index in [-0.39, 0.29) is 6.04 Å². The third kappa shape index (κ3) is 3.07. The van der Waals surface area contributed by atoms with Crippen LogP contribution in [0.15, 0.2) is 5.16 Å². The Morgan fingerprint density at radius 2 is 2.40 bits per heavy atom. The first-order valence-corrected chi connectivity index (χ1v) is 5.42. The maximum atomic E-state index is 8.72. The van der Waals surface area contributed by atoms with E-state index in [1.165, 1.54) is 6.42 Å². The van der Waals surface area contributed by atoms with E-state index in [1.807, 2.05) is 0 Å². The van der Waals surface area contributed by atoms with Crippen LogP contribution < -0.4 is 5.73 Å². The predicted molar refractivity (Wildman–Crippen MR) is 59.1 cm³/mol. The van der Waals surface area contributed by atoms with Crippen molar-refractivity contribution in [2.24, 2.45) is 10.9 Å². The molecule has 5 nitrogen and oxygen atoms in total. The lowest BCUT2D eigenvalue weighted by molar-refractivity contribution is 0.0690. The van der Waals surface area contributed by atoms with Gasteiger partial charge in [0.25, 0.3) is 0 Å². The number of nitrogens with zero attached hydrogens (tertiary/aromatic N) is 2. The molecule has 0 aromatic heterocycles. The average molecular weight is 215 g/mol. The molecule has 15 heavy (non-hydrogen) atoms. The number of likely N-dealkylation sites (tertiary alicyclic amines) is 1. The monoisotopic (exact) mass is 215 g/mol. The number of methoxy groups -OCH3 is 1. The van der Waals surface area contributed by atoms with E-state index in [1.54, 1.807) is 7.11 Å². The Balaban J connectivity index is 2.65. The van der Waals surface area contributed by atoms with Crippen LogP contribution >= 0.6 is 0 Å². The Labute approximate surface area is 90.9 Å². The van der Waals surface area contributed by atoms with Crippen molar-refractivity contribution in [2.75, 3.05) is 20.3 Å². The molecule has 1 fully saturated rings. The van der Waals surface area contributed by atoms with Gasteiger partial charge in [-0.2, -0.15) is 0 Å². The summed E-state index contributed by atoms with van der Waals surface area (Å²) in [6.45, 7) is 3.77. The molecule has 88 valence electrons. The second-order valence-corrected chi connectivity index (χ2v) is 4.08. The Bertz CT molecular complexity index is 221. The van der Waals surface area contributed by atoms with Crippen molar-refractivity contribution in [3.8, 4) is 0 Å². The average Bonchev–Trinajstić information content (AvgIpc) is 2.28. The zero-order valence-electron chi connectivity index (χ0n) is 9.52. The molecule has 0 amide bonds. The highest BCUT2D eigenvalue weighted by Gasteiger charge is 2.29. The van der Waals surface area contributed by atoms with Crippen LogP contribution in [0, 0.1) is 0 Å². The second-order valence-electron chi connectivity index (χ2n) is 4.08. The standard InChI is InChI=1S/C10H21N3O2/c1-8(7-15-2)13-6-4-3-5-9(13)10(11)12-14/h8-9,14H,3-7H2,1-2H3,(H2,11,12). The fourth-order valence-corrected chi connectivity index (χ4v) is 2.20. The van der Waals surface area contributed by atoms with Crippen molar-refractivity contribution >= 4 is 5.84 Å². The number of ether oxygens (including phenoxy) is 1. The Hall–Kier alpha value is -0.810. The zero-order valence-corrected chi connectivity index (χ0v) is 9.52. The minimum Gasteiger partial charge on any atom is -0.409 e. The van der Waals surface area contributed by atoms with Crippen LogP contribution in [0.4, 0.5) is 0 Å². The van der Waals surface area contributed by atoms with E-state index >= 15 is 0 Å². The third-order valence-corrected chi connectivity index (χ3v) is 2.98. The van der Waals surface area contributed by atoms with Crippen LogP contribution in [-0.2, 0) is 4.74 Å². The molecule has 0 bridgehead atoms. The molecule has 0 radical (unpaired) electrons. The molecular formula is C10H21N3O2. The van der Waals surface area contributed by atoms with E-state index in [0.29, 0.717) is 18.5 Å². The third-order valence-electron chi connectivity index (χ3n) is 2.98. The van der Waals surface area contributed by atoms with Crippen LogP contribution in [-0.4, -0.2) is 48.3 Å². The van der Waals surface area contributed by atoms with E-state index in [9.17, 15) is 0 Å². The molecule has 2 atom stereocenters. The maximum Gasteiger partial charge on any atom is 0.156 e. The summed E-state index contributed by atoms with van der Waals surface area (Å²) >= 11 is 0. The number of rotatable bonds is 4. The van der Waals surface area contributed by atoms with Gasteiger partial charge in [-0.05, 0) is 26.3 Å². The zero-order chi connectivity index (χ0) is 11.3. The number of nitrogens with two attached hydrogens (primary N) is 1. The van der Waals surface area contributed by atoms with E-state index in [0.717, 1.165) is 19.4 Å². The topological polar surface area (TPSA) is 71.1 Å². The lowest BCUT2D eigenvalue weighted by atomic mass is 9.99. The van der Waals surface area contributed by atoms with Crippen LogP contribution in [0.2, 0.25) is 0 Å². The quantitative estimate of drug-likeness (QED) is 0.312. The van der Waals surface area contributed by atoms with Crippen LogP contribution in [0.3, 0.4) is 0 Å². The van der Waals surface area contributed by atoms with Gasteiger partial charge < -0.3 is 15.7 Å². The van der Waals surface area contributed by atoms with Crippen molar-refractivity contribution in [3.05, 3.63) is 0 Å². The molecule has 0 saturated carbocycles. The summed E-state index contributed by atoms with van der Waals surface area (Å²) in [7, 11) is 1.69. The molecule has 0 spiro atoms. The van der Waals surface area contributed by atoms with Crippen LogP contribution in [0.25, 0.3) is 0 Å². The number of oxime groups is 1. The van der Waals surface area contributed by atoms with Gasteiger partial charge >= 0.3 is 0 Å². The number of hydrogen-bond acceptors (Lipinski definition) is 4. The lowest BCUT2D eigenvalue weighted by Crippen LogP contribution is -2.52. The predicted octanol–water partition coefficient (Wildman–Crippen LogP) is 0.622. The van der Waals surface area contributed by atoms with Crippen molar-refractivity contribution in [1.82, 2.24) is 4.90 Å². The first-order valence-electron chi connectivity index (χ1n) is 5.42. The largest absolute Gasteiger partial charge is 0.409 e. The van der Waals surface area contributed by atoms with E-state index < -0.39 is 0 Å². The molecular weight excluding hydrogens is 194 g/mol. The number of amidine groups is 1. The molecule has 1 heterocycles. The molecule has 1 aliphatic heterocycles. The van der Waals surface area contributed by atoms with Gasteiger partial charge in [0.15, 0.2) is 5.84 Å². The highest BCUT2D eigenvalue weighted by molar-refractivity contribution is 5.85. The Morgan fingerprint density at radius 3 is 3.00 bits per heavy atom. The molecule has 1 rings (SSSR count). The SMILES string of the molecule is COCC(C)N1CCCCC1C(N)=NO. The summed E-state index contributed by atoms with van der Waals surface area (Å²) < 4.78 is 5.13. The van der Waals surface area contributed by atoms with Crippen molar-refractivity contribution < 1.29 is 9.94 Å². The summed E-state index contributed by atoms with van der Waals surface area (Å²) in [5.41, 5.74) is 5.69. The molecule has 3 N–H and O–H groups in total. The molecule has 1 aliphatic rings.